The van der Waals surface area contributed by atoms with E-state index in [0.29, 0.717) is 11.4 Å². The van der Waals surface area contributed by atoms with Gasteiger partial charge >= 0.3 is 5.97 Å². The van der Waals surface area contributed by atoms with Gasteiger partial charge in [-0.15, -0.1) is 0 Å². The summed E-state index contributed by atoms with van der Waals surface area (Å²) in [6.45, 7) is 0.571. The molecule has 0 atom stereocenters. The third-order valence-electron chi connectivity index (χ3n) is 1.54. The molecule has 13 heavy (non-hydrogen) atoms. The highest BCUT2D eigenvalue weighted by Crippen LogP contribution is 2.30. The molecule has 2 rings (SSSR count). The van der Waals surface area contributed by atoms with Crippen LogP contribution in [-0.4, -0.2) is 36.0 Å². The van der Waals surface area contributed by atoms with Crippen LogP contribution in [-0.2, 0) is 9.53 Å². The summed E-state index contributed by atoms with van der Waals surface area (Å²) in [5, 5.41) is 6.33. The van der Waals surface area contributed by atoms with Crippen LogP contribution in [0, 0.1) is 0 Å². The van der Waals surface area contributed by atoms with Crippen molar-refractivity contribution in [3.05, 3.63) is 11.1 Å². The second-order valence-electron chi connectivity index (χ2n) is 2.35. The number of aliphatic imine (C=N–C) groups is 1. The van der Waals surface area contributed by atoms with Crippen molar-refractivity contribution in [2.45, 2.75) is 0 Å². The van der Waals surface area contributed by atoms with Gasteiger partial charge in [-0.25, -0.2) is 9.80 Å². The second kappa shape index (κ2) is 3.21. The molecule has 0 saturated heterocycles. The van der Waals surface area contributed by atoms with E-state index in [0.717, 1.165) is 5.17 Å². The molecule has 6 heteroatoms. The van der Waals surface area contributed by atoms with E-state index in [2.05, 4.69) is 14.8 Å². The number of hydrazone groups is 1. The Morgan fingerprint density at radius 2 is 2.62 bits per heavy atom. The molecule has 0 aromatic carbocycles. The standard InChI is InChI=1S/C7H7N3O2S/c1-12-6(11)5-4-10-7(13-5)8-2-3-9-10/h3-4H,2H2,1H3. The number of fused-ring (bicyclic) bond motifs is 1. The monoisotopic (exact) mass is 197 g/mol. The third kappa shape index (κ3) is 1.44. The zero-order valence-electron chi connectivity index (χ0n) is 6.93. The van der Waals surface area contributed by atoms with Gasteiger partial charge < -0.3 is 4.74 Å². The van der Waals surface area contributed by atoms with Crippen molar-refractivity contribution in [1.82, 2.24) is 5.01 Å². The molecule has 0 fully saturated rings. The summed E-state index contributed by atoms with van der Waals surface area (Å²) in [4.78, 5) is 15.8. The quantitative estimate of drug-likeness (QED) is 0.571. The number of hydrogen-bond donors (Lipinski definition) is 0. The lowest BCUT2D eigenvalue weighted by Crippen LogP contribution is -2.17. The van der Waals surface area contributed by atoms with E-state index < -0.39 is 0 Å². The molecule has 0 aliphatic carbocycles. The molecular weight excluding hydrogens is 190 g/mol. The maximum atomic E-state index is 11.1. The number of rotatable bonds is 1. The Kier molecular flexibility index (Phi) is 2.05. The molecule has 0 unspecified atom stereocenters. The summed E-state index contributed by atoms with van der Waals surface area (Å²) >= 11 is 1.28. The number of methoxy groups -OCH3 is 1. The first-order chi connectivity index (χ1) is 6.31. The summed E-state index contributed by atoms with van der Waals surface area (Å²) in [7, 11) is 1.35. The van der Waals surface area contributed by atoms with Gasteiger partial charge in [0.1, 0.15) is 4.91 Å². The maximum absolute atomic E-state index is 11.1. The van der Waals surface area contributed by atoms with E-state index in [1.807, 2.05) is 0 Å². The molecule has 0 radical (unpaired) electrons. The normalized spacial score (nSPS) is 19.3. The molecule has 0 aromatic heterocycles. The van der Waals surface area contributed by atoms with Crippen LogP contribution < -0.4 is 0 Å². The van der Waals surface area contributed by atoms with E-state index in [1.165, 1.54) is 18.9 Å². The summed E-state index contributed by atoms with van der Waals surface area (Å²) in [6, 6.07) is 0. The van der Waals surface area contributed by atoms with Crippen molar-refractivity contribution < 1.29 is 9.53 Å². The van der Waals surface area contributed by atoms with Gasteiger partial charge in [0.15, 0.2) is 5.17 Å². The third-order valence-corrected chi connectivity index (χ3v) is 2.53. The SMILES string of the molecule is COC(=O)C1=CN2N=CCN=C2S1. The smallest absolute Gasteiger partial charge is 0.346 e. The van der Waals surface area contributed by atoms with E-state index >= 15 is 0 Å². The highest BCUT2D eigenvalue weighted by atomic mass is 32.2. The number of carbonyl (C=O) groups excluding carboxylic acids is 1. The van der Waals surface area contributed by atoms with Crippen molar-refractivity contribution in [1.29, 1.82) is 0 Å². The van der Waals surface area contributed by atoms with Gasteiger partial charge in [-0.3, -0.25) is 4.99 Å². The summed E-state index contributed by atoms with van der Waals surface area (Å²) in [5.74, 6) is -0.350. The minimum absolute atomic E-state index is 0.350. The number of nitrogens with zero attached hydrogens (tertiary/aromatic N) is 3. The van der Waals surface area contributed by atoms with Crippen LogP contribution in [0.3, 0.4) is 0 Å². The molecule has 0 spiro atoms. The van der Waals surface area contributed by atoms with Crippen LogP contribution in [0.5, 0.6) is 0 Å². The van der Waals surface area contributed by atoms with E-state index in [9.17, 15) is 4.79 Å². The molecule has 0 aromatic rings. The highest BCUT2D eigenvalue weighted by Gasteiger charge is 2.26. The zero-order valence-corrected chi connectivity index (χ0v) is 7.74. The lowest BCUT2D eigenvalue weighted by Gasteiger charge is -2.11. The lowest BCUT2D eigenvalue weighted by molar-refractivity contribution is -0.135. The van der Waals surface area contributed by atoms with Gasteiger partial charge in [0, 0.05) is 6.21 Å². The van der Waals surface area contributed by atoms with Gasteiger partial charge in [-0.2, -0.15) is 5.10 Å². The Balaban J connectivity index is 2.19. The molecule has 0 N–H and O–H groups in total. The van der Waals surface area contributed by atoms with E-state index in [-0.39, 0.29) is 5.97 Å². The number of amidine groups is 1. The minimum atomic E-state index is -0.350. The Labute approximate surface area is 79.1 Å². The number of ether oxygens (including phenoxy) is 1. The summed E-state index contributed by atoms with van der Waals surface area (Å²) in [5.41, 5.74) is 0. The van der Waals surface area contributed by atoms with Crippen molar-refractivity contribution in [3.63, 3.8) is 0 Å². The average molecular weight is 197 g/mol. The van der Waals surface area contributed by atoms with Crippen molar-refractivity contribution >= 4 is 29.1 Å². The Morgan fingerprint density at radius 3 is 3.31 bits per heavy atom. The average Bonchev–Trinajstić information content (AvgIpc) is 2.59. The van der Waals surface area contributed by atoms with Crippen molar-refractivity contribution in [2.24, 2.45) is 10.1 Å². The largest absolute Gasteiger partial charge is 0.465 e. The number of esters is 1. The molecular formula is C7H7N3O2S. The summed E-state index contributed by atoms with van der Waals surface area (Å²) < 4.78 is 4.58. The minimum Gasteiger partial charge on any atom is -0.465 e. The Bertz CT molecular complexity index is 335. The number of carbonyl (C=O) groups is 1. The van der Waals surface area contributed by atoms with Crippen LogP contribution in [0.2, 0.25) is 0 Å². The van der Waals surface area contributed by atoms with Gasteiger partial charge in [0.2, 0.25) is 0 Å². The van der Waals surface area contributed by atoms with Crippen LogP contribution in [0.15, 0.2) is 21.2 Å². The Hall–Kier alpha value is -1.30. The van der Waals surface area contributed by atoms with Crippen LogP contribution in [0.25, 0.3) is 0 Å². The molecule has 0 saturated carbocycles. The van der Waals surface area contributed by atoms with Gasteiger partial charge in [0.25, 0.3) is 0 Å². The molecule has 5 nitrogen and oxygen atoms in total. The molecule has 68 valence electrons. The first kappa shape index (κ1) is 8.31. The van der Waals surface area contributed by atoms with Crippen LogP contribution in [0.1, 0.15) is 0 Å². The fraction of sp³-hybridized carbons (Fsp3) is 0.286. The fourth-order valence-corrected chi connectivity index (χ4v) is 1.81. The Morgan fingerprint density at radius 1 is 1.77 bits per heavy atom. The first-order valence-electron chi connectivity index (χ1n) is 3.65. The topological polar surface area (TPSA) is 54.3 Å². The number of thioether (sulfide) groups is 1. The highest BCUT2D eigenvalue weighted by molar-refractivity contribution is 8.18. The predicted octanol–water partition coefficient (Wildman–Crippen LogP) is 0.405. The predicted molar refractivity (Wildman–Crippen MR) is 50.3 cm³/mol. The van der Waals surface area contributed by atoms with Crippen molar-refractivity contribution in [2.75, 3.05) is 13.7 Å². The fourth-order valence-electron chi connectivity index (χ4n) is 0.964. The van der Waals surface area contributed by atoms with E-state index in [4.69, 9.17) is 0 Å². The molecule has 2 heterocycles. The zero-order chi connectivity index (χ0) is 9.26. The summed E-state index contributed by atoms with van der Waals surface area (Å²) in [6.07, 6.45) is 3.30. The molecule has 0 bridgehead atoms. The molecule has 0 amide bonds. The first-order valence-corrected chi connectivity index (χ1v) is 4.47. The van der Waals surface area contributed by atoms with E-state index in [1.54, 1.807) is 17.4 Å². The lowest BCUT2D eigenvalue weighted by atomic mass is 10.6. The molecule has 2 aliphatic rings. The van der Waals surface area contributed by atoms with Crippen LogP contribution in [0.4, 0.5) is 0 Å². The second-order valence-corrected chi connectivity index (χ2v) is 3.36. The van der Waals surface area contributed by atoms with Gasteiger partial charge in [-0.05, 0) is 11.8 Å². The van der Waals surface area contributed by atoms with Crippen LogP contribution >= 0.6 is 11.8 Å². The van der Waals surface area contributed by atoms with Crippen molar-refractivity contribution in [3.8, 4) is 0 Å². The van der Waals surface area contributed by atoms with Gasteiger partial charge in [0.05, 0.1) is 19.9 Å². The molecule has 2 aliphatic heterocycles. The van der Waals surface area contributed by atoms with Gasteiger partial charge in [-0.1, -0.05) is 0 Å². The number of hydrogen-bond acceptors (Lipinski definition) is 6. The maximum Gasteiger partial charge on any atom is 0.346 e.